The fraction of sp³-hybridized carbons (Fsp3) is 0.667. The Labute approximate surface area is 125 Å². The molecule has 0 aliphatic heterocycles. The number of hydrogen-bond acceptors (Lipinski definition) is 2. The van der Waals surface area contributed by atoms with Crippen molar-refractivity contribution in [3.05, 3.63) is 34.9 Å². The molecule has 0 saturated heterocycles. The van der Waals surface area contributed by atoms with E-state index in [2.05, 4.69) is 57.7 Å². The molecular weight excluding hydrogens is 244 g/mol. The zero-order valence-corrected chi connectivity index (χ0v) is 13.9. The lowest BCUT2D eigenvalue weighted by atomic mass is 9.93. The van der Waals surface area contributed by atoms with E-state index >= 15 is 0 Å². The van der Waals surface area contributed by atoms with Crippen LogP contribution in [-0.2, 0) is 0 Å². The highest BCUT2D eigenvalue weighted by atomic mass is 15.2. The molecular formula is C18H32N2. The minimum Gasteiger partial charge on any atom is -0.329 e. The lowest BCUT2D eigenvalue weighted by Crippen LogP contribution is -2.37. The van der Waals surface area contributed by atoms with Gasteiger partial charge in [0, 0.05) is 19.1 Å². The fourth-order valence-corrected chi connectivity index (χ4v) is 3.16. The van der Waals surface area contributed by atoms with Crippen LogP contribution in [0.3, 0.4) is 0 Å². The van der Waals surface area contributed by atoms with Gasteiger partial charge in [-0.25, -0.2) is 0 Å². The van der Waals surface area contributed by atoms with E-state index in [0.717, 1.165) is 19.0 Å². The maximum atomic E-state index is 6.14. The van der Waals surface area contributed by atoms with Gasteiger partial charge in [0.25, 0.3) is 0 Å². The quantitative estimate of drug-likeness (QED) is 0.776. The SMILES string of the molecule is CCC(CC)CN(CC)C(CN)c1c(C)cccc1C. The number of hydrogen-bond donors (Lipinski definition) is 1. The second-order valence-electron chi connectivity index (χ2n) is 5.83. The van der Waals surface area contributed by atoms with Crippen LogP contribution in [0.4, 0.5) is 0 Å². The van der Waals surface area contributed by atoms with Crippen LogP contribution >= 0.6 is 0 Å². The van der Waals surface area contributed by atoms with Crippen LogP contribution in [0.2, 0.25) is 0 Å². The monoisotopic (exact) mass is 276 g/mol. The summed E-state index contributed by atoms with van der Waals surface area (Å²) >= 11 is 0. The van der Waals surface area contributed by atoms with Crippen molar-refractivity contribution in [2.45, 2.75) is 53.5 Å². The van der Waals surface area contributed by atoms with E-state index in [0.29, 0.717) is 12.6 Å². The van der Waals surface area contributed by atoms with Crippen LogP contribution in [0.25, 0.3) is 0 Å². The van der Waals surface area contributed by atoms with Crippen LogP contribution in [0.5, 0.6) is 0 Å². The highest BCUT2D eigenvalue weighted by Gasteiger charge is 2.22. The highest BCUT2D eigenvalue weighted by molar-refractivity contribution is 5.36. The first-order chi connectivity index (χ1) is 9.58. The molecule has 0 radical (unpaired) electrons. The molecule has 1 unspecified atom stereocenters. The van der Waals surface area contributed by atoms with Gasteiger partial charge in [-0.2, -0.15) is 0 Å². The number of nitrogens with two attached hydrogens (primary N) is 1. The van der Waals surface area contributed by atoms with E-state index in [1.165, 1.54) is 29.5 Å². The minimum absolute atomic E-state index is 0.349. The maximum absolute atomic E-state index is 6.14. The van der Waals surface area contributed by atoms with Gasteiger partial charge in [0.2, 0.25) is 0 Å². The van der Waals surface area contributed by atoms with Crippen LogP contribution in [0.1, 0.15) is 56.3 Å². The number of likely N-dealkylation sites (N-methyl/N-ethyl adjacent to an activating group) is 1. The van der Waals surface area contributed by atoms with Crippen molar-refractivity contribution in [1.82, 2.24) is 4.90 Å². The summed E-state index contributed by atoms with van der Waals surface area (Å²) in [5, 5.41) is 0. The lowest BCUT2D eigenvalue weighted by molar-refractivity contribution is 0.173. The zero-order chi connectivity index (χ0) is 15.1. The molecule has 0 heterocycles. The van der Waals surface area contributed by atoms with Gasteiger partial charge in [-0.1, -0.05) is 51.8 Å². The molecule has 2 N–H and O–H groups in total. The fourth-order valence-electron chi connectivity index (χ4n) is 3.16. The minimum atomic E-state index is 0.349. The molecule has 1 aromatic carbocycles. The lowest BCUT2D eigenvalue weighted by Gasteiger charge is -2.34. The summed E-state index contributed by atoms with van der Waals surface area (Å²) in [6.07, 6.45) is 2.49. The summed E-state index contributed by atoms with van der Waals surface area (Å²) in [7, 11) is 0. The normalized spacial score (nSPS) is 13.2. The zero-order valence-electron chi connectivity index (χ0n) is 13.9. The first kappa shape index (κ1) is 17.2. The van der Waals surface area contributed by atoms with Gasteiger partial charge >= 0.3 is 0 Å². The summed E-state index contributed by atoms with van der Waals surface area (Å²) in [4.78, 5) is 2.56. The molecule has 114 valence electrons. The summed E-state index contributed by atoms with van der Waals surface area (Å²) in [6, 6.07) is 6.90. The van der Waals surface area contributed by atoms with Crippen molar-refractivity contribution in [3.63, 3.8) is 0 Å². The van der Waals surface area contributed by atoms with Crippen LogP contribution < -0.4 is 5.73 Å². The Morgan fingerprint density at radius 3 is 2.00 bits per heavy atom. The van der Waals surface area contributed by atoms with Crippen molar-refractivity contribution < 1.29 is 0 Å². The number of nitrogens with zero attached hydrogens (tertiary/aromatic N) is 1. The third-order valence-corrected chi connectivity index (χ3v) is 4.59. The molecule has 1 rings (SSSR count). The van der Waals surface area contributed by atoms with Crippen molar-refractivity contribution >= 4 is 0 Å². The largest absolute Gasteiger partial charge is 0.329 e. The van der Waals surface area contributed by atoms with Gasteiger partial charge in [0.1, 0.15) is 0 Å². The van der Waals surface area contributed by atoms with Gasteiger partial charge in [0.05, 0.1) is 0 Å². The van der Waals surface area contributed by atoms with Crippen LogP contribution in [0, 0.1) is 19.8 Å². The molecule has 2 heteroatoms. The number of aryl methyl sites for hydroxylation is 2. The molecule has 0 aliphatic carbocycles. The average Bonchev–Trinajstić information content (AvgIpc) is 2.45. The van der Waals surface area contributed by atoms with E-state index in [-0.39, 0.29) is 0 Å². The van der Waals surface area contributed by atoms with Crippen LogP contribution in [-0.4, -0.2) is 24.5 Å². The molecule has 20 heavy (non-hydrogen) atoms. The Kier molecular flexibility index (Phi) is 7.25. The molecule has 0 fully saturated rings. The molecule has 0 aliphatic rings. The Morgan fingerprint density at radius 1 is 1.05 bits per heavy atom. The summed E-state index contributed by atoms with van der Waals surface area (Å²) in [5.41, 5.74) is 10.3. The van der Waals surface area contributed by atoms with E-state index < -0.39 is 0 Å². The van der Waals surface area contributed by atoms with Crippen molar-refractivity contribution in [3.8, 4) is 0 Å². The highest BCUT2D eigenvalue weighted by Crippen LogP contribution is 2.27. The van der Waals surface area contributed by atoms with E-state index in [4.69, 9.17) is 5.73 Å². The van der Waals surface area contributed by atoms with Crippen molar-refractivity contribution in [1.29, 1.82) is 0 Å². The molecule has 0 saturated carbocycles. The Hall–Kier alpha value is -0.860. The van der Waals surface area contributed by atoms with E-state index in [1.54, 1.807) is 0 Å². The van der Waals surface area contributed by atoms with Crippen LogP contribution in [0.15, 0.2) is 18.2 Å². The van der Waals surface area contributed by atoms with Gasteiger partial charge in [-0.15, -0.1) is 0 Å². The Balaban J connectivity index is 3.03. The van der Waals surface area contributed by atoms with Gasteiger partial charge < -0.3 is 5.73 Å². The molecule has 0 bridgehead atoms. The second kappa shape index (κ2) is 8.43. The first-order valence-electron chi connectivity index (χ1n) is 8.09. The molecule has 1 aromatic rings. The summed E-state index contributed by atoms with van der Waals surface area (Å²) in [5.74, 6) is 0.772. The smallest absolute Gasteiger partial charge is 0.0475 e. The number of rotatable bonds is 8. The molecule has 2 nitrogen and oxygen atoms in total. The maximum Gasteiger partial charge on any atom is 0.0475 e. The van der Waals surface area contributed by atoms with Gasteiger partial charge in [0.15, 0.2) is 0 Å². The first-order valence-corrected chi connectivity index (χ1v) is 8.09. The Bertz CT molecular complexity index is 376. The predicted molar refractivity (Wildman–Crippen MR) is 89.0 cm³/mol. The van der Waals surface area contributed by atoms with Gasteiger partial charge in [-0.3, -0.25) is 4.90 Å². The second-order valence-corrected chi connectivity index (χ2v) is 5.83. The molecule has 0 amide bonds. The van der Waals surface area contributed by atoms with E-state index in [9.17, 15) is 0 Å². The third kappa shape index (κ3) is 4.07. The van der Waals surface area contributed by atoms with Crippen molar-refractivity contribution in [2.75, 3.05) is 19.6 Å². The van der Waals surface area contributed by atoms with E-state index in [1.807, 2.05) is 0 Å². The Morgan fingerprint density at radius 2 is 1.60 bits per heavy atom. The molecule has 0 aromatic heterocycles. The predicted octanol–water partition coefficient (Wildman–Crippen LogP) is 4.06. The summed E-state index contributed by atoms with van der Waals surface area (Å²) < 4.78 is 0. The average molecular weight is 276 g/mol. The standard InChI is InChI=1S/C18H32N2/c1-6-16(7-2)13-20(8-3)17(12-19)18-14(4)10-9-11-15(18)5/h9-11,16-17H,6-8,12-13,19H2,1-5H3. The number of benzene rings is 1. The molecule has 1 atom stereocenters. The van der Waals surface area contributed by atoms with Crippen molar-refractivity contribution in [2.24, 2.45) is 11.7 Å². The third-order valence-electron chi connectivity index (χ3n) is 4.59. The topological polar surface area (TPSA) is 29.3 Å². The van der Waals surface area contributed by atoms with Gasteiger partial charge in [-0.05, 0) is 43.0 Å². The summed E-state index contributed by atoms with van der Waals surface area (Å²) in [6.45, 7) is 14.1. The molecule has 0 spiro atoms.